The predicted molar refractivity (Wildman–Crippen MR) is 89.5 cm³/mol. The van der Waals surface area contributed by atoms with Crippen molar-refractivity contribution in [1.29, 1.82) is 0 Å². The summed E-state index contributed by atoms with van der Waals surface area (Å²) in [6, 6.07) is 8.79. The summed E-state index contributed by atoms with van der Waals surface area (Å²) in [5.41, 5.74) is 1.84. The second-order valence-electron chi connectivity index (χ2n) is 4.88. The van der Waals surface area contributed by atoms with Gasteiger partial charge in [-0.1, -0.05) is 6.07 Å². The molecule has 2 heterocycles. The van der Waals surface area contributed by atoms with Crippen LogP contribution in [0.2, 0.25) is 0 Å². The molecule has 0 saturated heterocycles. The van der Waals surface area contributed by atoms with Crippen LogP contribution in [0.4, 0.5) is 5.69 Å². The standard InChI is InChI=1S/C16H13N3O4S/c1-10-5-6-11(23-10)7-8-15(21)22-9-14(20)17-12-3-2-4-13-16(12)19-24-18-13/h2-8H,9H2,1H3,(H,17,20)/b8-7+. The minimum atomic E-state index is -0.632. The number of amides is 1. The van der Waals surface area contributed by atoms with E-state index in [1.54, 1.807) is 37.3 Å². The minimum absolute atomic E-state index is 0.395. The molecule has 1 N–H and O–H groups in total. The van der Waals surface area contributed by atoms with Crippen molar-refractivity contribution in [3.05, 3.63) is 47.9 Å². The number of benzene rings is 1. The Kier molecular flexibility index (Phi) is 4.66. The molecule has 1 aromatic carbocycles. The van der Waals surface area contributed by atoms with Crippen molar-refractivity contribution >= 4 is 46.4 Å². The maximum absolute atomic E-state index is 11.9. The molecule has 0 fully saturated rings. The highest BCUT2D eigenvalue weighted by molar-refractivity contribution is 7.00. The second-order valence-corrected chi connectivity index (χ2v) is 5.40. The van der Waals surface area contributed by atoms with E-state index in [-0.39, 0.29) is 0 Å². The number of furan rings is 1. The number of carbonyl (C=O) groups excluding carboxylic acids is 2. The third-order valence-corrected chi connectivity index (χ3v) is 3.59. The molecule has 8 heteroatoms. The molecule has 122 valence electrons. The Hall–Kier alpha value is -3.00. The van der Waals surface area contributed by atoms with Crippen molar-refractivity contribution < 1.29 is 18.7 Å². The molecule has 24 heavy (non-hydrogen) atoms. The van der Waals surface area contributed by atoms with Gasteiger partial charge in [0.15, 0.2) is 6.61 Å². The zero-order valence-electron chi connectivity index (χ0n) is 12.7. The molecule has 0 spiro atoms. The lowest BCUT2D eigenvalue weighted by molar-refractivity contribution is -0.142. The van der Waals surface area contributed by atoms with Gasteiger partial charge in [0.05, 0.1) is 17.4 Å². The van der Waals surface area contributed by atoms with Crippen molar-refractivity contribution in [2.24, 2.45) is 0 Å². The summed E-state index contributed by atoms with van der Waals surface area (Å²) in [6.07, 6.45) is 2.69. The molecule has 7 nitrogen and oxygen atoms in total. The van der Waals surface area contributed by atoms with Gasteiger partial charge in [0.25, 0.3) is 5.91 Å². The van der Waals surface area contributed by atoms with Crippen molar-refractivity contribution in [2.45, 2.75) is 6.92 Å². The summed E-state index contributed by atoms with van der Waals surface area (Å²) < 4.78 is 18.4. The maximum Gasteiger partial charge on any atom is 0.331 e. The quantitative estimate of drug-likeness (QED) is 0.565. The number of carbonyl (C=O) groups is 2. The van der Waals surface area contributed by atoms with Crippen LogP contribution in [-0.2, 0) is 14.3 Å². The fourth-order valence-corrected chi connectivity index (χ4v) is 2.52. The highest BCUT2D eigenvalue weighted by Gasteiger charge is 2.10. The number of esters is 1. The average Bonchev–Trinajstić information content (AvgIpc) is 3.20. The van der Waals surface area contributed by atoms with Crippen LogP contribution >= 0.6 is 11.7 Å². The summed E-state index contributed by atoms with van der Waals surface area (Å²) in [5.74, 6) is 0.198. The Morgan fingerprint density at radius 2 is 2.17 bits per heavy atom. The number of hydrogen-bond donors (Lipinski definition) is 1. The van der Waals surface area contributed by atoms with Gasteiger partial charge in [0.1, 0.15) is 22.6 Å². The lowest BCUT2D eigenvalue weighted by atomic mass is 10.2. The first kappa shape index (κ1) is 15.9. The molecule has 0 saturated carbocycles. The number of nitrogens with zero attached hydrogens (tertiary/aromatic N) is 2. The first-order chi connectivity index (χ1) is 11.6. The second kappa shape index (κ2) is 7.05. The number of anilines is 1. The molecule has 0 unspecified atom stereocenters. The summed E-state index contributed by atoms with van der Waals surface area (Å²) in [5, 5.41) is 2.65. The largest absolute Gasteiger partial charge is 0.462 e. The number of fused-ring (bicyclic) bond motifs is 1. The van der Waals surface area contributed by atoms with Crippen LogP contribution in [0, 0.1) is 6.92 Å². The summed E-state index contributed by atoms with van der Waals surface area (Å²) >= 11 is 1.06. The van der Waals surface area contributed by atoms with Gasteiger partial charge in [-0.15, -0.1) is 0 Å². The smallest absolute Gasteiger partial charge is 0.331 e. The number of ether oxygens (including phenoxy) is 1. The number of nitrogens with one attached hydrogen (secondary N) is 1. The third kappa shape index (κ3) is 3.85. The fourth-order valence-electron chi connectivity index (χ4n) is 1.97. The monoisotopic (exact) mass is 343 g/mol. The SMILES string of the molecule is Cc1ccc(/C=C/C(=O)OCC(=O)Nc2cccc3nsnc23)o1. The highest BCUT2D eigenvalue weighted by atomic mass is 32.1. The van der Waals surface area contributed by atoms with Gasteiger partial charge in [0, 0.05) is 6.08 Å². The summed E-state index contributed by atoms with van der Waals surface area (Å²) in [6.45, 7) is 1.41. The minimum Gasteiger partial charge on any atom is -0.462 e. The van der Waals surface area contributed by atoms with E-state index in [1.165, 1.54) is 12.2 Å². The van der Waals surface area contributed by atoms with E-state index in [2.05, 4.69) is 14.1 Å². The van der Waals surface area contributed by atoms with E-state index in [1.807, 2.05) is 0 Å². The summed E-state index contributed by atoms with van der Waals surface area (Å²) in [4.78, 5) is 23.5. The fraction of sp³-hybridized carbons (Fsp3) is 0.125. The van der Waals surface area contributed by atoms with E-state index in [9.17, 15) is 9.59 Å². The molecule has 3 aromatic rings. The molecule has 0 radical (unpaired) electrons. The lowest BCUT2D eigenvalue weighted by Gasteiger charge is -2.05. The normalized spacial score (nSPS) is 11.0. The van der Waals surface area contributed by atoms with Gasteiger partial charge in [-0.25, -0.2) is 4.79 Å². The van der Waals surface area contributed by atoms with E-state index < -0.39 is 18.5 Å². The van der Waals surface area contributed by atoms with Crippen molar-refractivity contribution in [2.75, 3.05) is 11.9 Å². The van der Waals surface area contributed by atoms with Gasteiger partial charge in [0.2, 0.25) is 0 Å². The van der Waals surface area contributed by atoms with Gasteiger partial charge in [-0.3, -0.25) is 4.79 Å². The van der Waals surface area contributed by atoms with Crippen LogP contribution < -0.4 is 5.32 Å². The Labute approximate surface area is 141 Å². The van der Waals surface area contributed by atoms with Crippen LogP contribution in [0.1, 0.15) is 11.5 Å². The van der Waals surface area contributed by atoms with Gasteiger partial charge >= 0.3 is 5.97 Å². The van der Waals surface area contributed by atoms with Crippen LogP contribution in [0.15, 0.2) is 40.8 Å². The number of aromatic nitrogens is 2. The summed E-state index contributed by atoms with van der Waals surface area (Å²) in [7, 11) is 0. The molecule has 0 atom stereocenters. The topological polar surface area (TPSA) is 94.3 Å². The highest BCUT2D eigenvalue weighted by Crippen LogP contribution is 2.20. The van der Waals surface area contributed by atoms with Crippen LogP contribution in [0.5, 0.6) is 0 Å². The maximum atomic E-state index is 11.9. The molecule has 2 aromatic heterocycles. The number of aryl methyl sites for hydroxylation is 1. The molecule has 0 bridgehead atoms. The molecular weight excluding hydrogens is 330 g/mol. The molecule has 3 rings (SSSR count). The van der Waals surface area contributed by atoms with Gasteiger partial charge < -0.3 is 14.5 Å². The van der Waals surface area contributed by atoms with Crippen LogP contribution in [0.3, 0.4) is 0 Å². The zero-order chi connectivity index (χ0) is 16.9. The van der Waals surface area contributed by atoms with Crippen molar-refractivity contribution in [3.8, 4) is 0 Å². The van der Waals surface area contributed by atoms with E-state index in [4.69, 9.17) is 9.15 Å². The Morgan fingerprint density at radius 1 is 1.29 bits per heavy atom. The number of hydrogen-bond acceptors (Lipinski definition) is 7. The van der Waals surface area contributed by atoms with E-state index in [0.717, 1.165) is 17.5 Å². The first-order valence-electron chi connectivity index (χ1n) is 7.04. The zero-order valence-corrected chi connectivity index (χ0v) is 13.5. The first-order valence-corrected chi connectivity index (χ1v) is 7.77. The molecule has 0 aliphatic rings. The van der Waals surface area contributed by atoms with Crippen LogP contribution in [0.25, 0.3) is 17.1 Å². The molecule has 0 aliphatic heterocycles. The van der Waals surface area contributed by atoms with Crippen LogP contribution in [-0.4, -0.2) is 27.2 Å². The Balaban J connectivity index is 1.53. The molecular formula is C16H13N3O4S. The van der Waals surface area contributed by atoms with E-state index >= 15 is 0 Å². The number of rotatable bonds is 5. The predicted octanol–water partition coefficient (Wildman–Crippen LogP) is 2.79. The lowest BCUT2D eigenvalue weighted by Crippen LogP contribution is -2.20. The van der Waals surface area contributed by atoms with Crippen molar-refractivity contribution in [1.82, 2.24) is 8.75 Å². The third-order valence-electron chi connectivity index (χ3n) is 3.05. The van der Waals surface area contributed by atoms with Gasteiger partial charge in [-0.2, -0.15) is 8.75 Å². The molecule has 0 aliphatic carbocycles. The Morgan fingerprint density at radius 3 is 2.96 bits per heavy atom. The van der Waals surface area contributed by atoms with E-state index in [0.29, 0.717) is 22.5 Å². The Bertz CT molecular complexity index is 913. The molecule has 1 amide bonds. The van der Waals surface area contributed by atoms with Gasteiger partial charge in [-0.05, 0) is 37.3 Å². The van der Waals surface area contributed by atoms with Crippen molar-refractivity contribution in [3.63, 3.8) is 0 Å². The average molecular weight is 343 g/mol.